The minimum atomic E-state index is -0.760. The van der Waals surface area contributed by atoms with Crippen molar-refractivity contribution in [2.75, 3.05) is 15.2 Å². The zero-order valence-electron chi connectivity index (χ0n) is 15.4. The molecule has 0 saturated carbocycles. The first-order valence-electron chi connectivity index (χ1n) is 8.83. The lowest BCUT2D eigenvalue weighted by atomic mass is 10.2. The molecule has 0 spiro atoms. The van der Waals surface area contributed by atoms with Crippen molar-refractivity contribution in [2.24, 2.45) is 0 Å². The van der Waals surface area contributed by atoms with Crippen LogP contribution >= 0.6 is 35.5 Å². The highest BCUT2D eigenvalue weighted by Crippen LogP contribution is 2.37. The van der Waals surface area contributed by atoms with Gasteiger partial charge in [-0.05, 0) is 54.4 Å². The Morgan fingerprint density at radius 1 is 1.07 bits per heavy atom. The average molecular weight is 428 g/mol. The second-order valence-corrected chi connectivity index (χ2v) is 8.44. The molecular weight excluding hydrogens is 405 g/mol. The van der Waals surface area contributed by atoms with Crippen molar-refractivity contribution in [3.63, 3.8) is 0 Å². The van der Waals surface area contributed by atoms with Gasteiger partial charge >= 0.3 is 5.97 Å². The molecular formula is C20H23ClFNO2S2. The molecule has 0 aliphatic heterocycles. The number of rotatable bonds is 10. The third kappa shape index (κ3) is 6.33. The Balaban J connectivity index is 2.22. The Kier molecular flexibility index (Phi) is 9.31. The van der Waals surface area contributed by atoms with Gasteiger partial charge in [-0.1, -0.05) is 55.8 Å². The topological polar surface area (TPSA) is 29.5 Å². The van der Waals surface area contributed by atoms with Gasteiger partial charge in [0.15, 0.2) is 5.82 Å². The monoisotopic (exact) mass is 427 g/mol. The van der Waals surface area contributed by atoms with Gasteiger partial charge in [0, 0.05) is 11.5 Å². The summed E-state index contributed by atoms with van der Waals surface area (Å²) in [5.41, 5.74) is 0.949. The molecule has 146 valence electrons. The summed E-state index contributed by atoms with van der Waals surface area (Å²) >= 11 is 9.17. The van der Waals surface area contributed by atoms with Gasteiger partial charge in [0.25, 0.3) is 0 Å². The number of hydrogen-bond acceptors (Lipinski definition) is 5. The Morgan fingerprint density at radius 3 is 2.30 bits per heavy atom. The second-order valence-electron chi connectivity index (χ2n) is 5.74. The molecule has 2 aromatic rings. The second kappa shape index (κ2) is 11.5. The minimum absolute atomic E-state index is 0.0512. The number of benzene rings is 2. The van der Waals surface area contributed by atoms with E-state index in [1.165, 1.54) is 23.9 Å². The highest BCUT2D eigenvalue weighted by Gasteiger charge is 2.24. The molecule has 0 radical (unpaired) electrons. The lowest BCUT2D eigenvalue weighted by Gasteiger charge is -2.23. The van der Waals surface area contributed by atoms with Crippen LogP contribution in [0.15, 0.2) is 42.5 Å². The zero-order chi connectivity index (χ0) is 19.6. The van der Waals surface area contributed by atoms with Crippen molar-refractivity contribution in [2.45, 2.75) is 33.3 Å². The standard InChI is InChI=1S/C20H23ClFNO2S2/c1-3-12-26-23(27-13-4-2)17-11-10-16(21)18(19(17)22)20(24)25-14-15-8-6-5-7-9-15/h5-11H,3-4,12-14H2,1-2H3. The van der Waals surface area contributed by atoms with Crippen LogP contribution in [0.1, 0.15) is 42.6 Å². The van der Waals surface area contributed by atoms with Crippen LogP contribution < -0.4 is 3.71 Å². The quantitative estimate of drug-likeness (QED) is 0.308. The summed E-state index contributed by atoms with van der Waals surface area (Å²) < 4.78 is 22.3. The van der Waals surface area contributed by atoms with Crippen LogP contribution in [0.3, 0.4) is 0 Å². The molecule has 0 N–H and O–H groups in total. The Hall–Kier alpha value is -1.37. The smallest absolute Gasteiger partial charge is 0.343 e. The minimum Gasteiger partial charge on any atom is -0.457 e. The summed E-state index contributed by atoms with van der Waals surface area (Å²) in [5.74, 6) is 0.302. The predicted octanol–water partition coefficient (Wildman–Crippen LogP) is 6.76. The largest absolute Gasteiger partial charge is 0.457 e. The average Bonchev–Trinajstić information content (AvgIpc) is 2.68. The van der Waals surface area contributed by atoms with Gasteiger partial charge in [0.2, 0.25) is 0 Å². The van der Waals surface area contributed by atoms with Crippen molar-refractivity contribution in [3.8, 4) is 0 Å². The van der Waals surface area contributed by atoms with Gasteiger partial charge in [0.1, 0.15) is 12.2 Å². The van der Waals surface area contributed by atoms with E-state index in [1.54, 1.807) is 12.1 Å². The van der Waals surface area contributed by atoms with Gasteiger partial charge in [-0.25, -0.2) is 9.18 Å². The SMILES string of the molecule is CCCSN(SCCC)c1ccc(Cl)c(C(=O)OCc2ccccc2)c1F. The highest BCUT2D eigenvalue weighted by atomic mass is 35.5. The van der Waals surface area contributed by atoms with E-state index in [1.807, 2.05) is 34.0 Å². The van der Waals surface area contributed by atoms with E-state index in [0.29, 0.717) is 5.69 Å². The molecule has 0 saturated heterocycles. The molecule has 3 nitrogen and oxygen atoms in total. The molecule has 0 fully saturated rings. The first-order valence-corrected chi connectivity index (χ1v) is 11.1. The van der Waals surface area contributed by atoms with Gasteiger partial charge in [-0.3, -0.25) is 3.71 Å². The molecule has 27 heavy (non-hydrogen) atoms. The molecule has 0 aromatic heterocycles. The summed E-state index contributed by atoms with van der Waals surface area (Å²) in [6, 6.07) is 12.4. The summed E-state index contributed by atoms with van der Waals surface area (Å²) in [6.07, 6.45) is 1.93. The predicted molar refractivity (Wildman–Crippen MR) is 115 cm³/mol. The normalized spacial score (nSPS) is 10.7. The van der Waals surface area contributed by atoms with Crippen molar-refractivity contribution >= 4 is 47.2 Å². The van der Waals surface area contributed by atoms with Crippen LogP contribution in [-0.4, -0.2) is 17.5 Å². The van der Waals surface area contributed by atoms with E-state index in [9.17, 15) is 4.79 Å². The first kappa shape index (κ1) is 21.9. The molecule has 0 aliphatic rings. The Bertz CT molecular complexity index is 738. The summed E-state index contributed by atoms with van der Waals surface area (Å²) in [5, 5.41) is 0.0512. The van der Waals surface area contributed by atoms with Gasteiger partial charge in [-0.15, -0.1) is 0 Å². The Labute approximate surface area is 173 Å². The van der Waals surface area contributed by atoms with E-state index in [0.717, 1.165) is 29.9 Å². The first-order chi connectivity index (χ1) is 13.1. The molecule has 2 rings (SSSR count). The van der Waals surface area contributed by atoms with Crippen LogP contribution in [0.25, 0.3) is 0 Å². The van der Waals surface area contributed by atoms with Crippen LogP contribution in [0.2, 0.25) is 5.02 Å². The number of anilines is 1. The maximum atomic E-state index is 15.2. The maximum Gasteiger partial charge on any atom is 0.343 e. The third-order valence-electron chi connectivity index (χ3n) is 3.51. The number of carbonyl (C=O) groups excluding carboxylic acids is 1. The summed E-state index contributed by atoms with van der Waals surface area (Å²) in [4.78, 5) is 12.5. The molecule has 0 aliphatic carbocycles. The van der Waals surface area contributed by atoms with Crippen LogP contribution in [-0.2, 0) is 11.3 Å². The van der Waals surface area contributed by atoms with Crippen molar-refractivity contribution in [3.05, 3.63) is 64.4 Å². The van der Waals surface area contributed by atoms with E-state index in [2.05, 4.69) is 13.8 Å². The molecule has 2 aromatic carbocycles. The van der Waals surface area contributed by atoms with Crippen molar-refractivity contribution in [1.29, 1.82) is 0 Å². The van der Waals surface area contributed by atoms with Crippen molar-refractivity contribution < 1.29 is 13.9 Å². The number of halogens is 2. The van der Waals surface area contributed by atoms with E-state index >= 15 is 4.39 Å². The molecule has 0 atom stereocenters. The number of ether oxygens (including phenoxy) is 1. The van der Waals surface area contributed by atoms with Crippen LogP contribution in [0, 0.1) is 5.82 Å². The fourth-order valence-electron chi connectivity index (χ4n) is 2.19. The van der Waals surface area contributed by atoms with Gasteiger partial charge in [0.05, 0.1) is 10.7 Å². The maximum absolute atomic E-state index is 15.2. The van der Waals surface area contributed by atoms with Crippen molar-refractivity contribution in [1.82, 2.24) is 0 Å². The number of nitrogens with zero attached hydrogens (tertiary/aromatic N) is 1. The van der Waals surface area contributed by atoms with E-state index < -0.39 is 11.8 Å². The number of hydrogen-bond donors (Lipinski definition) is 0. The number of carbonyl (C=O) groups is 1. The zero-order valence-corrected chi connectivity index (χ0v) is 17.8. The Morgan fingerprint density at radius 2 is 1.70 bits per heavy atom. The summed E-state index contributed by atoms with van der Waals surface area (Å²) in [7, 11) is 0. The van der Waals surface area contributed by atoms with Gasteiger partial charge < -0.3 is 4.74 Å². The fraction of sp³-hybridized carbons (Fsp3) is 0.350. The molecule has 0 bridgehead atoms. The highest BCUT2D eigenvalue weighted by molar-refractivity contribution is 8.18. The third-order valence-corrected chi connectivity index (χ3v) is 6.50. The molecule has 0 amide bonds. The summed E-state index contributed by atoms with van der Waals surface area (Å²) in [6.45, 7) is 4.21. The fourth-order valence-corrected chi connectivity index (χ4v) is 4.42. The van der Waals surface area contributed by atoms with Crippen LogP contribution in [0.4, 0.5) is 10.1 Å². The van der Waals surface area contributed by atoms with E-state index in [-0.39, 0.29) is 17.2 Å². The number of esters is 1. The van der Waals surface area contributed by atoms with Gasteiger partial charge in [-0.2, -0.15) is 0 Å². The molecule has 7 heteroatoms. The lowest BCUT2D eigenvalue weighted by molar-refractivity contribution is 0.0467. The molecule has 0 unspecified atom stereocenters. The molecule has 0 heterocycles. The van der Waals surface area contributed by atoms with E-state index in [4.69, 9.17) is 16.3 Å². The van der Waals surface area contributed by atoms with Crippen LogP contribution in [0.5, 0.6) is 0 Å². The lowest BCUT2D eigenvalue weighted by Crippen LogP contribution is -2.13.